The van der Waals surface area contributed by atoms with Crippen LogP contribution in [0.2, 0.25) is 0 Å². The van der Waals surface area contributed by atoms with E-state index in [-0.39, 0.29) is 23.9 Å². The van der Waals surface area contributed by atoms with Gasteiger partial charge in [-0.15, -0.1) is 0 Å². The smallest absolute Gasteiger partial charge is 0.269 e. The maximum Gasteiger partial charge on any atom is 0.269 e. The van der Waals surface area contributed by atoms with E-state index < -0.39 is 4.92 Å². The van der Waals surface area contributed by atoms with Crippen molar-refractivity contribution in [3.05, 3.63) is 39.9 Å². The molecule has 1 N–H and O–H groups in total. The van der Waals surface area contributed by atoms with Crippen LogP contribution in [0.25, 0.3) is 0 Å². The molecule has 0 aliphatic heterocycles. The summed E-state index contributed by atoms with van der Waals surface area (Å²) >= 11 is 3.79. The second-order valence-electron chi connectivity index (χ2n) is 2.86. The fraction of sp³-hybridized carbons (Fsp3) is 0.222. The molecule has 0 aliphatic carbocycles. The number of carbonyl (C=O) groups excluding carboxylic acids is 1. The summed E-state index contributed by atoms with van der Waals surface area (Å²) in [4.78, 5) is 20.9. The average molecular weight is 226 g/mol. The lowest BCUT2D eigenvalue weighted by molar-refractivity contribution is -0.384. The number of non-ortho nitro benzene ring substituents is 1. The van der Waals surface area contributed by atoms with Gasteiger partial charge in [-0.25, -0.2) is 0 Å². The van der Waals surface area contributed by atoms with Gasteiger partial charge in [-0.3, -0.25) is 14.9 Å². The fourth-order valence-corrected chi connectivity index (χ4v) is 1.15. The van der Waals surface area contributed by atoms with Crippen LogP contribution in [0.5, 0.6) is 0 Å². The van der Waals surface area contributed by atoms with Gasteiger partial charge in [-0.1, -0.05) is 12.1 Å². The molecule has 0 saturated carbocycles. The van der Waals surface area contributed by atoms with E-state index in [0.717, 1.165) is 0 Å². The van der Waals surface area contributed by atoms with Crippen LogP contribution in [-0.4, -0.2) is 16.6 Å². The number of carbonyl (C=O) groups is 1. The second-order valence-corrected chi connectivity index (χ2v) is 3.18. The van der Waals surface area contributed by atoms with E-state index >= 15 is 0 Å². The van der Waals surface area contributed by atoms with Crippen molar-refractivity contribution >= 4 is 24.2 Å². The van der Waals surface area contributed by atoms with Crippen LogP contribution in [0.4, 0.5) is 5.69 Å². The lowest BCUT2D eigenvalue weighted by Crippen LogP contribution is -2.23. The highest BCUT2D eigenvalue weighted by Crippen LogP contribution is 2.12. The summed E-state index contributed by atoms with van der Waals surface area (Å²) < 4.78 is 0. The molecule has 1 aromatic rings. The Hall–Kier alpha value is -1.56. The molecule has 5 nitrogen and oxygen atoms in total. The quantitative estimate of drug-likeness (QED) is 0.459. The number of rotatable bonds is 4. The maximum absolute atomic E-state index is 10.9. The number of nitro benzene ring substituents is 1. The molecule has 1 aromatic carbocycles. The molecule has 0 aliphatic rings. The van der Waals surface area contributed by atoms with Crippen LogP contribution in [0, 0.1) is 10.1 Å². The predicted molar refractivity (Wildman–Crippen MR) is 58.8 cm³/mol. The Labute approximate surface area is 92.0 Å². The van der Waals surface area contributed by atoms with Gasteiger partial charge in [-0.05, 0) is 5.56 Å². The third kappa shape index (κ3) is 3.59. The number of benzene rings is 1. The van der Waals surface area contributed by atoms with Crippen molar-refractivity contribution in [1.82, 2.24) is 5.32 Å². The summed E-state index contributed by atoms with van der Waals surface area (Å²) in [7, 11) is 0. The standard InChI is InChI=1S/C9H10N2O3S/c12-9(6-15)10-5-7-2-1-3-8(4-7)11(13)14/h1-4,15H,5-6H2,(H,10,12). The van der Waals surface area contributed by atoms with Gasteiger partial charge >= 0.3 is 0 Å². The minimum atomic E-state index is -0.468. The Morgan fingerprint density at radius 1 is 1.53 bits per heavy atom. The summed E-state index contributed by atoms with van der Waals surface area (Å²) in [6.45, 7) is 0.279. The molecule has 0 spiro atoms. The van der Waals surface area contributed by atoms with Gasteiger partial charge < -0.3 is 5.32 Å². The molecule has 15 heavy (non-hydrogen) atoms. The van der Waals surface area contributed by atoms with Crippen molar-refractivity contribution in [3.63, 3.8) is 0 Å². The molecule has 1 amide bonds. The van der Waals surface area contributed by atoms with Crippen molar-refractivity contribution in [2.75, 3.05) is 5.75 Å². The first-order chi connectivity index (χ1) is 7.13. The Bertz CT molecular complexity index is 381. The zero-order valence-electron chi connectivity index (χ0n) is 7.84. The first kappa shape index (κ1) is 11.5. The summed E-state index contributed by atoms with van der Waals surface area (Å²) in [6.07, 6.45) is 0. The molecular weight excluding hydrogens is 216 g/mol. The minimum Gasteiger partial charge on any atom is -0.351 e. The minimum absolute atomic E-state index is 0.0209. The number of nitro groups is 1. The van der Waals surface area contributed by atoms with E-state index in [1.54, 1.807) is 12.1 Å². The molecule has 6 heteroatoms. The highest BCUT2D eigenvalue weighted by atomic mass is 32.1. The number of thiol groups is 1. The summed E-state index contributed by atoms with van der Waals surface area (Å²) in [5.41, 5.74) is 0.715. The van der Waals surface area contributed by atoms with Gasteiger partial charge in [0.2, 0.25) is 5.91 Å². The number of hydrogen-bond donors (Lipinski definition) is 2. The van der Waals surface area contributed by atoms with Gasteiger partial charge in [0.15, 0.2) is 0 Å². The Morgan fingerprint density at radius 2 is 2.27 bits per heavy atom. The molecule has 0 aromatic heterocycles. The Balaban J connectivity index is 2.66. The average Bonchev–Trinajstić information content (AvgIpc) is 2.26. The van der Waals surface area contributed by atoms with Gasteiger partial charge in [0.1, 0.15) is 0 Å². The van der Waals surface area contributed by atoms with Gasteiger partial charge in [0.05, 0.1) is 10.7 Å². The second kappa shape index (κ2) is 5.35. The lowest BCUT2D eigenvalue weighted by Gasteiger charge is -2.02. The van der Waals surface area contributed by atoms with Crippen LogP contribution >= 0.6 is 12.6 Å². The zero-order valence-corrected chi connectivity index (χ0v) is 8.74. The van der Waals surface area contributed by atoms with Crippen LogP contribution in [0.3, 0.4) is 0 Å². The predicted octanol–water partition coefficient (Wildman–Crippen LogP) is 1.14. The molecule has 0 bridgehead atoms. The molecule has 80 valence electrons. The highest BCUT2D eigenvalue weighted by molar-refractivity contribution is 7.81. The molecule has 0 radical (unpaired) electrons. The van der Waals surface area contributed by atoms with Gasteiger partial charge in [-0.2, -0.15) is 12.6 Å². The number of hydrogen-bond acceptors (Lipinski definition) is 4. The van der Waals surface area contributed by atoms with E-state index in [2.05, 4.69) is 17.9 Å². The lowest BCUT2D eigenvalue weighted by atomic mass is 10.2. The van der Waals surface area contributed by atoms with Gasteiger partial charge in [0, 0.05) is 18.7 Å². The van der Waals surface area contributed by atoms with E-state index in [0.29, 0.717) is 5.56 Å². The van der Waals surface area contributed by atoms with E-state index in [1.165, 1.54) is 12.1 Å². The largest absolute Gasteiger partial charge is 0.351 e. The summed E-state index contributed by atoms with van der Waals surface area (Å²) in [6, 6.07) is 6.13. The van der Waals surface area contributed by atoms with Crippen LogP contribution < -0.4 is 5.32 Å². The highest BCUT2D eigenvalue weighted by Gasteiger charge is 2.05. The summed E-state index contributed by atoms with van der Waals surface area (Å²) in [5, 5.41) is 13.0. The normalized spacial score (nSPS) is 9.67. The first-order valence-electron chi connectivity index (χ1n) is 4.24. The monoisotopic (exact) mass is 226 g/mol. The maximum atomic E-state index is 10.9. The van der Waals surface area contributed by atoms with E-state index in [9.17, 15) is 14.9 Å². The van der Waals surface area contributed by atoms with Crippen LogP contribution in [0.15, 0.2) is 24.3 Å². The molecule has 1 rings (SSSR count). The molecule has 0 saturated heterocycles. The Kier molecular flexibility index (Phi) is 4.11. The SMILES string of the molecule is O=C(CS)NCc1cccc([N+](=O)[O-])c1. The molecular formula is C9H10N2O3S. The van der Waals surface area contributed by atoms with Crippen LogP contribution in [-0.2, 0) is 11.3 Å². The molecule has 0 unspecified atom stereocenters. The van der Waals surface area contributed by atoms with E-state index in [4.69, 9.17) is 0 Å². The summed E-state index contributed by atoms with van der Waals surface area (Å²) in [5.74, 6) is -0.0978. The fourth-order valence-electron chi connectivity index (χ4n) is 1.04. The van der Waals surface area contributed by atoms with Crippen LogP contribution in [0.1, 0.15) is 5.56 Å². The van der Waals surface area contributed by atoms with Crippen molar-refractivity contribution in [1.29, 1.82) is 0 Å². The molecule has 0 heterocycles. The third-order valence-electron chi connectivity index (χ3n) is 1.75. The number of nitrogens with one attached hydrogen (secondary N) is 1. The zero-order chi connectivity index (χ0) is 11.3. The Morgan fingerprint density at radius 3 is 2.87 bits per heavy atom. The van der Waals surface area contributed by atoms with Gasteiger partial charge in [0.25, 0.3) is 5.69 Å². The number of amides is 1. The van der Waals surface area contributed by atoms with Crippen molar-refractivity contribution in [2.45, 2.75) is 6.54 Å². The third-order valence-corrected chi connectivity index (χ3v) is 2.04. The number of nitrogens with zero attached hydrogens (tertiary/aromatic N) is 1. The molecule has 0 fully saturated rings. The van der Waals surface area contributed by atoms with E-state index in [1.807, 2.05) is 0 Å². The first-order valence-corrected chi connectivity index (χ1v) is 4.87. The molecule has 0 atom stereocenters. The van der Waals surface area contributed by atoms with Crippen molar-refractivity contribution in [2.24, 2.45) is 0 Å². The van der Waals surface area contributed by atoms with Crippen molar-refractivity contribution in [3.8, 4) is 0 Å². The topological polar surface area (TPSA) is 72.2 Å². The van der Waals surface area contributed by atoms with Crippen molar-refractivity contribution < 1.29 is 9.72 Å².